The van der Waals surface area contributed by atoms with Crippen molar-refractivity contribution in [1.29, 1.82) is 0 Å². The van der Waals surface area contributed by atoms with Crippen molar-refractivity contribution in [2.24, 2.45) is 4.99 Å². The molecular weight excluding hydrogens is 507 g/mol. The fraction of sp³-hybridized carbons (Fsp3) is 0.391. The number of guanidine groups is 1. The molecule has 0 fully saturated rings. The molecule has 3 N–H and O–H groups in total. The second kappa shape index (κ2) is 13.9. The van der Waals surface area contributed by atoms with Gasteiger partial charge in [0.25, 0.3) is 5.91 Å². The molecule has 1 unspecified atom stereocenters. The highest BCUT2D eigenvalue weighted by atomic mass is 127. The van der Waals surface area contributed by atoms with Crippen molar-refractivity contribution in [3.05, 3.63) is 65.2 Å². The van der Waals surface area contributed by atoms with E-state index in [1.807, 2.05) is 50.2 Å². The maximum absolute atomic E-state index is 12.0. The number of rotatable bonds is 9. The van der Waals surface area contributed by atoms with Gasteiger partial charge in [0.2, 0.25) is 0 Å². The number of aliphatic hydroxyl groups excluding tert-OH is 1. The lowest BCUT2D eigenvalue weighted by Crippen LogP contribution is -2.42. The molecule has 0 spiro atoms. The fourth-order valence-corrected chi connectivity index (χ4v) is 2.69. The van der Waals surface area contributed by atoms with Crippen LogP contribution in [0.5, 0.6) is 5.75 Å². The van der Waals surface area contributed by atoms with E-state index in [0.29, 0.717) is 31.2 Å². The van der Waals surface area contributed by atoms with Gasteiger partial charge < -0.3 is 25.4 Å². The van der Waals surface area contributed by atoms with Crippen LogP contribution in [0.4, 0.5) is 0 Å². The van der Waals surface area contributed by atoms with Crippen LogP contribution in [0.3, 0.4) is 0 Å². The summed E-state index contributed by atoms with van der Waals surface area (Å²) in [5.74, 6) is 1.33. The van der Waals surface area contributed by atoms with Crippen LogP contribution >= 0.6 is 24.0 Å². The molecule has 0 aromatic heterocycles. The Hall–Kier alpha value is -2.33. The van der Waals surface area contributed by atoms with Gasteiger partial charge in [-0.05, 0) is 49.2 Å². The SMILES string of the molecule is CCNC(=NCc1ccc(C(=O)N(C)C)cc1)NCC(O)COc1cccc(C)c1.I. The first-order valence-electron chi connectivity index (χ1n) is 10.1. The maximum atomic E-state index is 12.0. The largest absolute Gasteiger partial charge is 0.491 e. The van der Waals surface area contributed by atoms with Crippen LogP contribution in [-0.4, -0.2) is 61.8 Å². The third kappa shape index (κ3) is 9.56. The number of halogens is 1. The number of carbonyl (C=O) groups is 1. The van der Waals surface area contributed by atoms with Crippen molar-refractivity contribution < 1.29 is 14.6 Å². The second-order valence-electron chi connectivity index (χ2n) is 7.25. The van der Waals surface area contributed by atoms with E-state index in [4.69, 9.17) is 4.74 Å². The summed E-state index contributed by atoms with van der Waals surface area (Å²) >= 11 is 0. The molecule has 170 valence electrons. The van der Waals surface area contributed by atoms with E-state index in [9.17, 15) is 9.90 Å². The number of aryl methyl sites for hydroxylation is 1. The molecule has 0 saturated carbocycles. The van der Waals surface area contributed by atoms with Crippen molar-refractivity contribution in [2.75, 3.05) is 33.8 Å². The van der Waals surface area contributed by atoms with Crippen LogP contribution in [-0.2, 0) is 6.54 Å². The molecule has 0 aliphatic heterocycles. The summed E-state index contributed by atoms with van der Waals surface area (Å²) in [4.78, 5) is 18.1. The minimum Gasteiger partial charge on any atom is -0.491 e. The second-order valence-corrected chi connectivity index (χ2v) is 7.25. The van der Waals surface area contributed by atoms with Crippen LogP contribution in [0.25, 0.3) is 0 Å². The minimum atomic E-state index is -0.675. The Morgan fingerprint density at radius 2 is 1.87 bits per heavy atom. The lowest BCUT2D eigenvalue weighted by molar-refractivity contribution is 0.0827. The number of nitrogens with one attached hydrogen (secondary N) is 2. The van der Waals surface area contributed by atoms with Crippen LogP contribution in [0, 0.1) is 6.92 Å². The topological polar surface area (TPSA) is 86.2 Å². The third-order valence-corrected chi connectivity index (χ3v) is 4.31. The average molecular weight is 540 g/mol. The predicted molar refractivity (Wildman–Crippen MR) is 135 cm³/mol. The van der Waals surface area contributed by atoms with Crippen molar-refractivity contribution in [1.82, 2.24) is 15.5 Å². The average Bonchev–Trinajstić information content (AvgIpc) is 2.74. The standard InChI is InChI=1S/C23H32N4O3.HI/c1-5-24-23(25-14-18-9-11-19(12-10-18)22(29)27(3)4)26-15-20(28)16-30-21-8-6-7-17(2)13-21;/h6-13,20,28H,5,14-16H2,1-4H3,(H2,24,25,26);1H. The van der Waals surface area contributed by atoms with E-state index in [1.165, 1.54) is 0 Å². The molecule has 2 rings (SSSR count). The van der Waals surface area contributed by atoms with Crippen molar-refractivity contribution in [3.8, 4) is 5.75 Å². The van der Waals surface area contributed by atoms with Crippen molar-refractivity contribution >= 4 is 35.8 Å². The first-order chi connectivity index (χ1) is 14.4. The zero-order valence-electron chi connectivity index (χ0n) is 18.6. The first-order valence-corrected chi connectivity index (χ1v) is 10.1. The van der Waals surface area contributed by atoms with Gasteiger partial charge in [-0.3, -0.25) is 4.79 Å². The van der Waals surface area contributed by atoms with Crippen molar-refractivity contribution in [3.63, 3.8) is 0 Å². The number of hydrogen-bond acceptors (Lipinski definition) is 4. The minimum absolute atomic E-state index is 0. The van der Waals surface area contributed by atoms with E-state index in [1.54, 1.807) is 31.1 Å². The van der Waals surface area contributed by atoms with E-state index in [0.717, 1.165) is 16.9 Å². The Morgan fingerprint density at radius 1 is 1.16 bits per heavy atom. The highest BCUT2D eigenvalue weighted by molar-refractivity contribution is 14.0. The molecule has 8 heteroatoms. The van der Waals surface area contributed by atoms with Gasteiger partial charge in [-0.1, -0.05) is 24.3 Å². The van der Waals surface area contributed by atoms with Gasteiger partial charge in [0.05, 0.1) is 6.54 Å². The van der Waals surface area contributed by atoms with Crippen LogP contribution in [0.2, 0.25) is 0 Å². The van der Waals surface area contributed by atoms with Gasteiger partial charge in [0, 0.05) is 32.7 Å². The summed E-state index contributed by atoms with van der Waals surface area (Å²) in [5.41, 5.74) is 2.75. The Balaban J connectivity index is 0.00000480. The van der Waals surface area contributed by atoms with Crippen molar-refractivity contribution in [2.45, 2.75) is 26.5 Å². The van der Waals surface area contributed by atoms with Crippen LogP contribution in [0.15, 0.2) is 53.5 Å². The zero-order chi connectivity index (χ0) is 21.9. The Kier molecular flexibility index (Phi) is 11.9. The molecule has 1 amide bonds. The van der Waals surface area contributed by atoms with Gasteiger partial charge in [0.15, 0.2) is 5.96 Å². The van der Waals surface area contributed by atoms with E-state index in [2.05, 4.69) is 15.6 Å². The number of aliphatic imine (C=N–C) groups is 1. The molecule has 0 heterocycles. The Morgan fingerprint density at radius 3 is 2.48 bits per heavy atom. The van der Waals surface area contributed by atoms with E-state index >= 15 is 0 Å². The lowest BCUT2D eigenvalue weighted by atomic mass is 10.1. The number of hydrogen-bond donors (Lipinski definition) is 3. The van der Waals surface area contributed by atoms with Gasteiger partial charge in [0.1, 0.15) is 18.5 Å². The monoisotopic (exact) mass is 540 g/mol. The first kappa shape index (κ1) is 26.7. The predicted octanol–water partition coefficient (Wildman–Crippen LogP) is 2.81. The quantitative estimate of drug-likeness (QED) is 0.259. The van der Waals surface area contributed by atoms with Crippen LogP contribution < -0.4 is 15.4 Å². The zero-order valence-corrected chi connectivity index (χ0v) is 20.9. The maximum Gasteiger partial charge on any atom is 0.253 e. The smallest absolute Gasteiger partial charge is 0.253 e. The van der Waals surface area contributed by atoms with Gasteiger partial charge in [-0.15, -0.1) is 24.0 Å². The highest BCUT2D eigenvalue weighted by Gasteiger charge is 2.09. The number of aliphatic hydroxyl groups is 1. The third-order valence-electron chi connectivity index (χ3n) is 4.31. The molecule has 0 aliphatic rings. The lowest BCUT2D eigenvalue weighted by Gasteiger charge is -2.16. The summed E-state index contributed by atoms with van der Waals surface area (Å²) in [7, 11) is 3.46. The fourth-order valence-electron chi connectivity index (χ4n) is 2.69. The number of nitrogens with zero attached hydrogens (tertiary/aromatic N) is 2. The number of benzene rings is 2. The van der Waals surface area contributed by atoms with Gasteiger partial charge in [-0.2, -0.15) is 0 Å². The number of ether oxygens (including phenoxy) is 1. The van der Waals surface area contributed by atoms with E-state index in [-0.39, 0.29) is 36.5 Å². The summed E-state index contributed by atoms with van der Waals surface area (Å²) in [6.07, 6.45) is -0.675. The Labute approximate surface area is 201 Å². The normalized spacial score (nSPS) is 11.8. The van der Waals surface area contributed by atoms with Gasteiger partial charge >= 0.3 is 0 Å². The molecule has 31 heavy (non-hydrogen) atoms. The molecule has 0 saturated heterocycles. The molecule has 7 nitrogen and oxygen atoms in total. The van der Waals surface area contributed by atoms with E-state index < -0.39 is 6.10 Å². The molecule has 1 atom stereocenters. The molecular formula is C23H33IN4O3. The van der Waals surface area contributed by atoms with Crippen LogP contribution in [0.1, 0.15) is 28.4 Å². The summed E-state index contributed by atoms with van der Waals surface area (Å²) in [6, 6.07) is 15.1. The summed E-state index contributed by atoms with van der Waals surface area (Å²) in [6.45, 7) is 5.65. The molecule has 0 bridgehead atoms. The molecule has 2 aromatic rings. The molecule has 0 aliphatic carbocycles. The molecule has 2 aromatic carbocycles. The molecule has 0 radical (unpaired) electrons. The summed E-state index contributed by atoms with van der Waals surface area (Å²) in [5, 5.41) is 16.5. The highest BCUT2D eigenvalue weighted by Crippen LogP contribution is 2.12. The Bertz CT molecular complexity index is 841. The number of amides is 1. The van der Waals surface area contributed by atoms with Gasteiger partial charge in [-0.25, -0.2) is 4.99 Å². The summed E-state index contributed by atoms with van der Waals surface area (Å²) < 4.78 is 5.64. The number of carbonyl (C=O) groups excluding carboxylic acids is 1.